The lowest BCUT2D eigenvalue weighted by molar-refractivity contribution is -0.121. The van der Waals surface area contributed by atoms with Crippen molar-refractivity contribution in [1.29, 1.82) is 0 Å². The number of amides is 1. The van der Waals surface area contributed by atoms with Gasteiger partial charge in [0.05, 0.1) is 0 Å². The average molecular weight is 369 g/mol. The van der Waals surface area contributed by atoms with Gasteiger partial charge in [0, 0.05) is 31.0 Å². The minimum atomic E-state index is -0.268. The topological polar surface area (TPSA) is 80.0 Å². The molecule has 0 aliphatic carbocycles. The van der Waals surface area contributed by atoms with Crippen molar-refractivity contribution in [3.05, 3.63) is 35.5 Å². The Hall–Kier alpha value is -1.99. The highest BCUT2D eigenvalue weighted by molar-refractivity contribution is 5.85. The smallest absolute Gasteiger partial charge is 0.227 e. The summed E-state index contributed by atoms with van der Waals surface area (Å²) in [5.41, 5.74) is 1.22. The second-order valence-electron chi connectivity index (χ2n) is 6.07. The number of carbonyl (C=O) groups excluding carboxylic acids is 1. The van der Waals surface area contributed by atoms with Crippen LogP contribution in [0.3, 0.4) is 0 Å². The first kappa shape index (κ1) is 19.3. The quantitative estimate of drug-likeness (QED) is 0.818. The SMILES string of the molecule is Cc1cc(-c2noc(CCC(=O)NCC3CCCN3)n2)ccc1F.Cl. The Morgan fingerprint density at radius 3 is 3.04 bits per heavy atom. The van der Waals surface area contributed by atoms with E-state index in [0.29, 0.717) is 48.3 Å². The summed E-state index contributed by atoms with van der Waals surface area (Å²) in [7, 11) is 0. The van der Waals surface area contributed by atoms with Crippen molar-refractivity contribution in [2.45, 2.75) is 38.6 Å². The molecule has 8 heteroatoms. The van der Waals surface area contributed by atoms with Crippen molar-refractivity contribution in [1.82, 2.24) is 20.8 Å². The molecule has 1 saturated heterocycles. The maximum absolute atomic E-state index is 13.3. The number of aryl methyl sites for hydroxylation is 2. The van der Waals surface area contributed by atoms with E-state index in [2.05, 4.69) is 20.8 Å². The molecule has 2 heterocycles. The number of benzene rings is 1. The van der Waals surface area contributed by atoms with Gasteiger partial charge in [-0.15, -0.1) is 12.4 Å². The molecular formula is C17H22ClFN4O2. The fourth-order valence-corrected chi connectivity index (χ4v) is 2.73. The number of hydrogen-bond donors (Lipinski definition) is 2. The number of hydrogen-bond acceptors (Lipinski definition) is 5. The Balaban J connectivity index is 0.00000225. The van der Waals surface area contributed by atoms with Crippen LogP contribution in [-0.2, 0) is 11.2 Å². The number of rotatable bonds is 6. The largest absolute Gasteiger partial charge is 0.355 e. The van der Waals surface area contributed by atoms with Gasteiger partial charge in [-0.2, -0.15) is 4.98 Å². The van der Waals surface area contributed by atoms with Gasteiger partial charge in [0.15, 0.2) is 0 Å². The summed E-state index contributed by atoms with van der Waals surface area (Å²) in [5.74, 6) is 0.516. The van der Waals surface area contributed by atoms with E-state index >= 15 is 0 Å². The molecule has 0 bridgehead atoms. The van der Waals surface area contributed by atoms with Crippen LogP contribution in [0, 0.1) is 12.7 Å². The predicted octanol–water partition coefficient (Wildman–Crippen LogP) is 2.41. The molecule has 1 atom stereocenters. The van der Waals surface area contributed by atoms with E-state index in [1.54, 1.807) is 19.1 Å². The third kappa shape index (κ3) is 5.24. The Kier molecular flexibility index (Phi) is 6.90. The van der Waals surface area contributed by atoms with Gasteiger partial charge in [0.1, 0.15) is 5.82 Å². The number of nitrogens with one attached hydrogen (secondary N) is 2. The third-order valence-corrected chi connectivity index (χ3v) is 4.16. The number of aromatic nitrogens is 2. The Labute approximate surface area is 152 Å². The van der Waals surface area contributed by atoms with Crippen molar-refractivity contribution in [3.63, 3.8) is 0 Å². The van der Waals surface area contributed by atoms with Gasteiger partial charge in [-0.25, -0.2) is 4.39 Å². The van der Waals surface area contributed by atoms with Gasteiger partial charge in [-0.05, 0) is 50.1 Å². The van der Waals surface area contributed by atoms with Crippen LogP contribution in [-0.4, -0.2) is 35.2 Å². The summed E-state index contributed by atoms with van der Waals surface area (Å²) in [5, 5.41) is 10.1. The molecule has 0 spiro atoms. The van der Waals surface area contributed by atoms with Crippen LogP contribution in [0.2, 0.25) is 0 Å². The molecule has 1 aromatic carbocycles. The van der Waals surface area contributed by atoms with Crippen molar-refractivity contribution < 1.29 is 13.7 Å². The molecule has 3 rings (SSSR count). The van der Waals surface area contributed by atoms with Crippen LogP contribution in [0.4, 0.5) is 4.39 Å². The van der Waals surface area contributed by atoms with E-state index < -0.39 is 0 Å². The van der Waals surface area contributed by atoms with Crippen LogP contribution in [0.1, 0.15) is 30.7 Å². The fraction of sp³-hybridized carbons (Fsp3) is 0.471. The van der Waals surface area contributed by atoms with Gasteiger partial charge >= 0.3 is 0 Å². The van der Waals surface area contributed by atoms with E-state index in [9.17, 15) is 9.18 Å². The standard InChI is InChI=1S/C17H21FN4O2.ClH/c1-11-9-12(4-5-14(11)18)17-21-16(24-22-17)7-6-15(23)20-10-13-3-2-8-19-13;/h4-5,9,13,19H,2-3,6-8,10H2,1H3,(H,20,23);1H. The average Bonchev–Trinajstić information content (AvgIpc) is 3.25. The molecule has 0 saturated carbocycles. The van der Waals surface area contributed by atoms with Crippen LogP contribution in [0.15, 0.2) is 22.7 Å². The summed E-state index contributed by atoms with van der Waals surface area (Å²) in [6, 6.07) is 5.04. The highest BCUT2D eigenvalue weighted by Gasteiger charge is 2.15. The van der Waals surface area contributed by atoms with Crippen molar-refractivity contribution in [2.24, 2.45) is 0 Å². The Morgan fingerprint density at radius 1 is 1.48 bits per heavy atom. The minimum Gasteiger partial charge on any atom is -0.355 e. The van der Waals surface area contributed by atoms with E-state index in [0.717, 1.165) is 19.4 Å². The Bertz CT molecular complexity index is 716. The van der Waals surface area contributed by atoms with E-state index in [1.807, 2.05) is 0 Å². The number of carbonyl (C=O) groups is 1. The lowest BCUT2D eigenvalue weighted by atomic mass is 10.1. The Morgan fingerprint density at radius 2 is 2.32 bits per heavy atom. The molecule has 1 aromatic heterocycles. The second kappa shape index (κ2) is 8.92. The molecule has 0 radical (unpaired) electrons. The molecule has 1 fully saturated rings. The first-order valence-electron chi connectivity index (χ1n) is 8.21. The van der Waals surface area contributed by atoms with E-state index in [1.165, 1.54) is 6.07 Å². The van der Waals surface area contributed by atoms with Crippen LogP contribution < -0.4 is 10.6 Å². The van der Waals surface area contributed by atoms with Crippen LogP contribution in [0.25, 0.3) is 11.4 Å². The van der Waals surface area contributed by atoms with Gasteiger partial charge in [0.25, 0.3) is 0 Å². The third-order valence-electron chi connectivity index (χ3n) is 4.16. The van der Waals surface area contributed by atoms with Gasteiger partial charge in [-0.1, -0.05) is 5.16 Å². The molecule has 1 aliphatic heterocycles. The molecule has 1 aliphatic rings. The highest BCUT2D eigenvalue weighted by Crippen LogP contribution is 2.19. The maximum Gasteiger partial charge on any atom is 0.227 e. The molecule has 2 aromatic rings. The summed E-state index contributed by atoms with van der Waals surface area (Å²) >= 11 is 0. The van der Waals surface area contributed by atoms with Crippen molar-refractivity contribution in [3.8, 4) is 11.4 Å². The first-order valence-corrected chi connectivity index (χ1v) is 8.21. The molecule has 1 amide bonds. The van der Waals surface area contributed by atoms with Crippen LogP contribution >= 0.6 is 12.4 Å². The zero-order valence-corrected chi connectivity index (χ0v) is 14.9. The van der Waals surface area contributed by atoms with Gasteiger partial charge in [0.2, 0.25) is 17.6 Å². The van der Waals surface area contributed by atoms with E-state index in [-0.39, 0.29) is 24.1 Å². The van der Waals surface area contributed by atoms with Crippen molar-refractivity contribution in [2.75, 3.05) is 13.1 Å². The zero-order chi connectivity index (χ0) is 16.9. The summed E-state index contributed by atoms with van der Waals surface area (Å²) < 4.78 is 18.5. The van der Waals surface area contributed by atoms with Gasteiger partial charge < -0.3 is 15.2 Å². The lowest BCUT2D eigenvalue weighted by Gasteiger charge is -2.10. The summed E-state index contributed by atoms with van der Waals surface area (Å²) in [6.07, 6.45) is 2.95. The molecule has 25 heavy (non-hydrogen) atoms. The lowest BCUT2D eigenvalue weighted by Crippen LogP contribution is -2.37. The monoisotopic (exact) mass is 368 g/mol. The number of nitrogens with zero attached hydrogens (tertiary/aromatic N) is 2. The predicted molar refractivity (Wildman–Crippen MR) is 94.0 cm³/mol. The first-order chi connectivity index (χ1) is 11.6. The fourth-order valence-electron chi connectivity index (χ4n) is 2.73. The molecular weight excluding hydrogens is 347 g/mol. The molecule has 1 unspecified atom stereocenters. The van der Waals surface area contributed by atoms with Crippen molar-refractivity contribution >= 4 is 18.3 Å². The number of halogens is 2. The van der Waals surface area contributed by atoms with Crippen LogP contribution in [0.5, 0.6) is 0 Å². The normalized spacial score (nSPS) is 16.5. The summed E-state index contributed by atoms with van der Waals surface area (Å²) in [4.78, 5) is 16.1. The minimum absolute atomic E-state index is 0. The maximum atomic E-state index is 13.3. The molecule has 136 valence electrons. The highest BCUT2D eigenvalue weighted by atomic mass is 35.5. The second-order valence-corrected chi connectivity index (χ2v) is 6.07. The molecule has 6 nitrogen and oxygen atoms in total. The van der Waals surface area contributed by atoms with E-state index in [4.69, 9.17) is 4.52 Å². The summed E-state index contributed by atoms with van der Waals surface area (Å²) in [6.45, 7) is 3.36. The molecule has 2 N–H and O–H groups in total. The van der Waals surface area contributed by atoms with Gasteiger partial charge in [-0.3, -0.25) is 4.79 Å². The zero-order valence-electron chi connectivity index (χ0n) is 14.0.